The number of fused-ring (bicyclic) bond motifs is 1. The molecule has 3 aromatic heterocycles. The predicted octanol–water partition coefficient (Wildman–Crippen LogP) is 0.512. The number of rotatable bonds is 3. The van der Waals surface area contributed by atoms with E-state index in [-0.39, 0.29) is 17.5 Å². The van der Waals surface area contributed by atoms with Crippen LogP contribution in [0.1, 0.15) is 31.5 Å². The summed E-state index contributed by atoms with van der Waals surface area (Å²) in [7, 11) is 1.72. The molecule has 0 atom stereocenters. The van der Waals surface area contributed by atoms with Crippen LogP contribution in [0.4, 0.5) is 5.13 Å². The van der Waals surface area contributed by atoms with Crippen molar-refractivity contribution in [3.05, 3.63) is 46.7 Å². The van der Waals surface area contributed by atoms with E-state index in [4.69, 9.17) is 0 Å². The molecule has 3 aromatic rings. The molecule has 132 valence electrons. The molecule has 0 spiro atoms. The quantitative estimate of drug-likeness (QED) is 0.713. The maximum Gasteiger partial charge on any atom is 0.277 e. The van der Waals surface area contributed by atoms with Gasteiger partial charge in [0.15, 0.2) is 10.8 Å². The van der Waals surface area contributed by atoms with Gasteiger partial charge in [-0.1, -0.05) is 16.6 Å². The van der Waals surface area contributed by atoms with Gasteiger partial charge in [-0.15, -0.1) is 5.10 Å². The molecule has 1 aliphatic rings. The van der Waals surface area contributed by atoms with E-state index in [1.807, 2.05) is 0 Å². The molecule has 0 fully saturated rings. The lowest BCUT2D eigenvalue weighted by atomic mass is 10.1. The highest BCUT2D eigenvalue weighted by molar-refractivity contribution is 7.15. The SMILES string of the molecule is Cn1cc(C(=O)N2CCc3nc(NC(=O)c4cnccn4)sc3C2)nn1. The molecule has 0 aliphatic carbocycles. The van der Waals surface area contributed by atoms with Gasteiger partial charge in [0.25, 0.3) is 11.8 Å². The number of thiazole rings is 1. The van der Waals surface area contributed by atoms with Crippen LogP contribution in [0.3, 0.4) is 0 Å². The van der Waals surface area contributed by atoms with Gasteiger partial charge in [-0.2, -0.15) is 0 Å². The Morgan fingerprint density at radius 2 is 2.15 bits per heavy atom. The fourth-order valence-corrected chi connectivity index (χ4v) is 3.63. The van der Waals surface area contributed by atoms with Crippen LogP contribution in [0.5, 0.6) is 0 Å². The second kappa shape index (κ2) is 6.59. The van der Waals surface area contributed by atoms with Gasteiger partial charge in [-0.3, -0.25) is 24.6 Å². The average Bonchev–Trinajstić information content (AvgIpc) is 3.26. The van der Waals surface area contributed by atoms with E-state index in [1.54, 1.807) is 18.1 Å². The lowest BCUT2D eigenvalue weighted by molar-refractivity contribution is 0.0730. The largest absolute Gasteiger partial charge is 0.332 e. The molecule has 4 rings (SSSR count). The van der Waals surface area contributed by atoms with E-state index in [2.05, 4.69) is 30.6 Å². The van der Waals surface area contributed by atoms with Crippen molar-refractivity contribution in [2.45, 2.75) is 13.0 Å². The van der Waals surface area contributed by atoms with Crippen LogP contribution in [0, 0.1) is 0 Å². The van der Waals surface area contributed by atoms with E-state index in [0.29, 0.717) is 30.3 Å². The van der Waals surface area contributed by atoms with Crippen LogP contribution < -0.4 is 5.32 Å². The summed E-state index contributed by atoms with van der Waals surface area (Å²) in [5.74, 6) is -0.529. The van der Waals surface area contributed by atoms with Crippen molar-refractivity contribution in [3.8, 4) is 0 Å². The van der Waals surface area contributed by atoms with Crippen molar-refractivity contribution in [2.24, 2.45) is 7.05 Å². The molecule has 1 N–H and O–H groups in total. The van der Waals surface area contributed by atoms with Gasteiger partial charge >= 0.3 is 0 Å². The zero-order valence-corrected chi connectivity index (χ0v) is 14.6. The van der Waals surface area contributed by atoms with Gasteiger partial charge < -0.3 is 4.90 Å². The Hall–Kier alpha value is -3.21. The highest BCUT2D eigenvalue weighted by Crippen LogP contribution is 2.29. The molecular formula is C15H14N8O2S. The fraction of sp³-hybridized carbons (Fsp3) is 0.267. The topological polar surface area (TPSA) is 119 Å². The predicted molar refractivity (Wildman–Crippen MR) is 91.5 cm³/mol. The minimum atomic E-state index is -0.364. The van der Waals surface area contributed by atoms with Crippen LogP contribution in [-0.2, 0) is 20.0 Å². The zero-order valence-electron chi connectivity index (χ0n) is 13.8. The van der Waals surface area contributed by atoms with E-state index in [9.17, 15) is 9.59 Å². The van der Waals surface area contributed by atoms with E-state index < -0.39 is 0 Å². The average molecular weight is 370 g/mol. The second-order valence-electron chi connectivity index (χ2n) is 5.69. The first-order chi connectivity index (χ1) is 12.6. The van der Waals surface area contributed by atoms with Gasteiger partial charge in [0.1, 0.15) is 5.69 Å². The Morgan fingerprint density at radius 1 is 1.27 bits per heavy atom. The molecule has 0 bridgehead atoms. The molecule has 0 aromatic carbocycles. The second-order valence-corrected chi connectivity index (χ2v) is 6.77. The van der Waals surface area contributed by atoms with Crippen molar-refractivity contribution in [1.29, 1.82) is 0 Å². The molecule has 0 saturated carbocycles. The summed E-state index contributed by atoms with van der Waals surface area (Å²) in [4.78, 5) is 39.6. The van der Waals surface area contributed by atoms with Crippen molar-refractivity contribution >= 4 is 28.3 Å². The molecule has 11 heteroatoms. The third kappa shape index (κ3) is 3.16. The molecule has 2 amide bonds. The zero-order chi connectivity index (χ0) is 18.1. The molecule has 1 aliphatic heterocycles. The molecule has 10 nitrogen and oxygen atoms in total. The highest BCUT2D eigenvalue weighted by Gasteiger charge is 2.26. The molecule has 0 saturated heterocycles. The number of carbonyl (C=O) groups excluding carboxylic acids is 2. The third-order valence-electron chi connectivity index (χ3n) is 3.86. The number of anilines is 1. The number of aryl methyl sites for hydroxylation is 1. The summed E-state index contributed by atoms with van der Waals surface area (Å²) >= 11 is 1.35. The van der Waals surface area contributed by atoms with Crippen LogP contribution in [-0.4, -0.2) is 53.2 Å². The molecule has 0 radical (unpaired) electrons. The fourth-order valence-electron chi connectivity index (χ4n) is 2.61. The Morgan fingerprint density at radius 3 is 2.88 bits per heavy atom. The van der Waals surface area contributed by atoms with Crippen LogP contribution in [0.15, 0.2) is 24.8 Å². The number of hydrogen-bond acceptors (Lipinski definition) is 8. The first kappa shape index (κ1) is 16.3. The smallest absolute Gasteiger partial charge is 0.277 e. The number of nitrogens with one attached hydrogen (secondary N) is 1. The Labute approximate surface area is 151 Å². The monoisotopic (exact) mass is 370 g/mol. The Balaban J connectivity index is 1.47. The standard InChI is InChI=1S/C15H14N8O2S/c1-22-7-11(20-21-22)14(25)23-5-2-9-12(8-23)26-15(18-9)19-13(24)10-6-16-3-4-17-10/h3-4,6-7H,2,5,8H2,1H3,(H,18,19,24). The normalized spacial score (nSPS) is 13.3. The Bertz CT molecular complexity index is 967. The Kier molecular flexibility index (Phi) is 4.13. The number of hydrogen-bond donors (Lipinski definition) is 1. The summed E-state index contributed by atoms with van der Waals surface area (Å²) in [6.45, 7) is 0.979. The number of amides is 2. The van der Waals surface area contributed by atoms with Crippen LogP contribution in [0.2, 0.25) is 0 Å². The van der Waals surface area contributed by atoms with Crippen molar-refractivity contribution in [3.63, 3.8) is 0 Å². The number of aromatic nitrogens is 6. The minimum Gasteiger partial charge on any atom is -0.332 e. The summed E-state index contributed by atoms with van der Waals surface area (Å²) in [6, 6.07) is 0. The lowest BCUT2D eigenvalue weighted by Crippen LogP contribution is -2.35. The summed E-state index contributed by atoms with van der Waals surface area (Å²) in [6.07, 6.45) is 6.57. The summed E-state index contributed by atoms with van der Waals surface area (Å²) in [5.41, 5.74) is 1.43. The van der Waals surface area contributed by atoms with Crippen molar-refractivity contribution in [1.82, 2.24) is 34.8 Å². The molecular weight excluding hydrogens is 356 g/mol. The van der Waals surface area contributed by atoms with Gasteiger partial charge in [0, 0.05) is 37.3 Å². The van der Waals surface area contributed by atoms with Crippen molar-refractivity contribution < 1.29 is 9.59 Å². The maximum absolute atomic E-state index is 12.5. The molecule has 4 heterocycles. The molecule has 26 heavy (non-hydrogen) atoms. The maximum atomic E-state index is 12.5. The minimum absolute atomic E-state index is 0.165. The van der Waals surface area contributed by atoms with E-state index >= 15 is 0 Å². The lowest BCUT2D eigenvalue weighted by Gasteiger charge is -2.25. The highest BCUT2D eigenvalue weighted by atomic mass is 32.1. The van der Waals surface area contributed by atoms with Gasteiger partial charge in [-0.25, -0.2) is 9.97 Å². The van der Waals surface area contributed by atoms with Crippen LogP contribution >= 0.6 is 11.3 Å². The van der Waals surface area contributed by atoms with Gasteiger partial charge in [0.2, 0.25) is 0 Å². The van der Waals surface area contributed by atoms with E-state index in [1.165, 1.54) is 34.6 Å². The molecule has 0 unspecified atom stereocenters. The summed E-state index contributed by atoms with van der Waals surface area (Å²) in [5, 5.41) is 10.9. The first-order valence-electron chi connectivity index (χ1n) is 7.81. The van der Waals surface area contributed by atoms with Gasteiger partial charge in [-0.05, 0) is 0 Å². The number of carbonyl (C=O) groups is 2. The van der Waals surface area contributed by atoms with Crippen molar-refractivity contribution in [2.75, 3.05) is 11.9 Å². The van der Waals surface area contributed by atoms with E-state index in [0.717, 1.165) is 10.6 Å². The number of nitrogens with zero attached hydrogens (tertiary/aromatic N) is 7. The van der Waals surface area contributed by atoms with Crippen LogP contribution in [0.25, 0.3) is 0 Å². The first-order valence-corrected chi connectivity index (χ1v) is 8.63. The van der Waals surface area contributed by atoms with Gasteiger partial charge in [0.05, 0.1) is 24.6 Å². The summed E-state index contributed by atoms with van der Waals surface area (Å²) < 4.78 is 1.50. The third-order valence-corrected chi connectivity index (χ3v) is 4.85.